The van der Waals surface area contributed by atoms with Crippen molar-refractivity contribution in [3.8, 4) is 0 Å². The van der Waals surface area contributed by atoms with Crippen molar-refractivity contribution in [1.29, 1.82) is 0 Å². The Balaban J connectivity index is 3.07. The third-order valence-electron chi connectivity index (χ3n) is 2.40. The summed E-state index contributed by atoms with van der Waals surface area (Å²) in [5.41, 5.74) is 1.74. The Labute approximate surface area is 86.4 Å². The average molecular weight is 201 g/mol. The van der Waals surface area contributed by atoms with E-state index in [2.05, 4.69) is 4.98 Å². The summed E-state index contributed by atoms with van der Waals surface area (Å²) in [6, 6.07) is 6.88. The predicted octanol–water partition coefficient (Wildman–Crippen LogP) is 1.51. The van der Waals surface area contributed by atoms with Crippen LogP contribution in [0.15, 0.2) is 33.9 Å². The average Bonchev–Trinajstić information content (AvgIpc) is 2.27. The van der Waals surface area contributed by atoms with E-state index >= 15 is 0 Å². The van der Waals surface area contributed by atoms with E-state index in [0.29, 0.717) is 5.52 Å². The Morgan fingerprint density at radius 1 is 1.07 bits per heavy atom. The van der Waals surface area contributed by atoms with E-state index in [0.717, 1.165) is 16.5 Å². The summed E-state index contributed by atoms with van der Waals surface area (Å²) in [5, 5.41) is 0.903. The highest BCUT2D eigenvalue weighted by Crippen LogP contribution is 2.15. The van der Waals surface area contributed by atoms with Crippen LogP contribution in [-0.2, 0) is 0 Å². The van der Waals surface area contributed by atoms with Gasteiger partial charge in [-0.1, -0.05) is 6.07 Å². The summed E-state index contributed by atoms with van der Waals surface area (Å²) < 4.78 is 0. The number of aromatic amines is 1. The highest BCUT2D eigenvalue weighted by atomic mass is 16.2. The summed E-state index contributed by atoms with van der Waals surface area (Å²) in [7, 11) is 0. The van der Waals surface area contributed by atoms with E-state index in [-0.39, 0.29) is 0 Å². The number of aryl methyl sites for hydroxylation is 2. The van der Waals surface area contributed by atoms with E-state index in [1.54, 1.807) is 6.07 Å². The maximum Gasteiger partial charge on any atom is 0.296 e. The molecule has 0 unspecified atom stereocenters. The van der Waals surface area contributed by atoms with Crippen LogP contribution in [0, 0.1) is 13.8 Å². The Kier molecular flexibility index (Phi) is 2.15. The Bertz CT molecular complexity index is 641. The molecule has 3 nitrogen and oxygen atoms in total. The Morgan fingerprint density at radius 3 is 2.53 bits per heavy atom. The van der Waals surface area contributed by atoms with Gasteiger partial charge in [0.2, 0.25) is 5.43 Å². The van der Waals surface area contributed by atoms with Gasteiger partial charge in [-0.2, -0.15) is 0 Å². The molecule has 0 bridgehead atoms. The normalized spacial score (nSPS) is 10.5. The van der Waals surface area contributed by atoms with Crippen molar-refractivity contribution in [3.63, 3.8) is 0 Å². The molecule has 0 radical (unpaired) electrons. The maximum absolute atomic E-state index is 11.3. The molecule has 0 atom stereocenters. The number of H-pyrrole nitrogens is 1. The number of fused-ring (bicyclic) bond motifs is 1. The van der Waals surface area contributed by atoms with Crippen molar-refractivity contribution in [2.45, 2.75) is 13.8 Å². The molecule has 76 valence electrons. The van der Waals surface area contributed by atoms with Gasteiger partial charge in [-0.25, -0.2) is 0 Å². The highest BCUT2D eigenvalue weighted by molar-refractivity contribution is 5.82. The first-order chi connectivity index (χ1) is 7.08. The molecule has 1 heterocycles. The van der Waals surface area contributed by atoms with Crippen molar-refractivity contribution in [3.05, 3.63) is 56.0 Å². The molecule has 3 heteroatoms. The number of rotatable bonds is 0. The minimum Gasteiger partial charge on any atom is -0.319 e. The summed E-state index contributed by atoms with van der Waals surface area (Å²) in [5.74, 6) is 0. The standard InChI is InChI=1S/C12H11NO2/c1-7-5-8(2)9-3-4-11(14)12(15)13-10(9)6-7/h3-6H,1-2H3,(H,13,14,15). The minimum absolute atomic E-state index is 0.511. The molecule has 1 aromatic heterocycles. The van der Waals surface area contributed by atoms with Crippen LogP contribution in [0.25, 0.3) is 10.9 Å². The largest absolute Gasteiger partial charge is 0.319 e. The lowest BCUT2D eigenvalue weighted by atomic mass is 10.1. The highest BCUT2D eigenvalue weighted by Gasteiger charge is 1.99. The molecule has 0 aliphatic rings. The third kappa shape index (κ3) is 1.68. The van der Waals surface area contributed by atoms with E-state index in [1.807, 2.05) is 26.0 Å². The van der Waals surface area contributed by atoms with Crippen LogP contribution < -0.4 is 11.0 Å². The van der Waals surface area contributed by atoms with Gasteiger partial charge < -0.3 is 4.98 Å². The molecule has 2 aromatic rings. The molecular formula is C12H11NO2. The third-order valence-corrected chi connectivity index (χ3v) is 2.40. The molecular weight excluding hydrogens is 190 g/mol. The molecule has 0 saturated carbocycles. The van der Waals surface area contributed by atoms with Crippen molar-refractivity contribution in [1.82, 2.24) is 4.98 Å². The summed E-state index contributed by atoms with van der Waals surface area (Å²) in [6.07, 6.45) is 0. The van der Waals surface area contributed by atoms with Crippen molar-refractivity contribution >= 4 is 10.9 Å². The number of aromatic nitrogens is 1. The first-order valence-corrected chi connectivity index (χ1v) is 4.72. The van der Waals surface area contributed by atoms with E-state index in [4.69, 9.17) is 0 Å². The van der Waals surface area contributed by atoms with Crippen molar-refractivity contribution in [2.24, 2.45) is 0 Å². The van der Waals surface area contributed by atoms with Gasteiger partial charge in [-0.15, -0.1) is 0 Å². The van der Waals surface area contributed by atoms with Crippen LogP contribution in [-0.4, -0.2) is 4.98 Å². The molecule has 0 aliphatic heterocycles. The summed E-state index contributed by atoms with van der Waals surface area (Å²) in [4.78, 5) is 25.1. The molecule has 1 aromatic carbocycles. The van der Waals surface area contributed by atoms with Gasteiger partial charge >= 0.3 is 0 Å². The van der Waals surface area contributed by atoms with Gasteiger partial charge in [0, 0.05) is 10.9 Å². The second-order valence-electron chi connectivity index (χ2n) is 3.69. The maximum atomic E-state index is 11.3. The van der Waals surface area contributed by atoms with E-state index < -0.39 is 11.0 Å². The fourth-order valence-corrected chi connectivity index (χ4v) is 1.72. The van der Waals surface area contributed by atoms with Gasteiger partial charge in [0.15, 0.2) is 0 Å². The van der Waals surface area contributed by atoms with Crippen molar-refractivity contribution < 1.29 is 0 Å². The molecule has 0 spiro atoms. The quantitative estimate of drug-likeness (QED) is 0.657. The van der Waals surface area contributed by atoms with Crippen LogP contribution in [0.3, 0.4) is 0 Å². The van der Waals surface area contributed by atoms with Gasteiger partial charge in [0.1, 0.15) is 0 Å². The monoisotopic (exact) mass is 201 g/mol. The second-order valence-corrected chi connectivity index (χ2v) is 3.69. The van der Waals surface area contributed by atoms with Crippen LogP contribution in [0.1, 0.15) is 11.1 Å². The lowest BCUT2D eigenvalue weighted by molar-refractivity contribution is 1.28. The lowest BCUT2D eigenvalue weighted by Gasteiger charge is -1.99. The SMILES string of the molecule is Cc1cc(C)c2ccc(=O)c(=O)[nH]c2c1. The molecule has 0 aliphatic carbocycles. The zero-order valence-corrected chi connectivity index (χ0v) is 8.63. The molecule has 0 saturated heterocycles. The number of hydrogen-bond donors (Lipinski definition) is 1. The first-order valence-electron chi connectivity index (χ1n) is 4.72. The minimum atomic E-state index is -0.574. The first kappa shape index (κ1) is 9.65. The zero-order valence-electron chi connectivity index (χ0n) is 8.63. The fraction of sp³-hybridized carbons (Fsp3) is 0.167. The molecule has 2 rings (SSSR count). The van der Waals surface area contributed by atoms with Gasteiger partial charge in [0.25, 0.3) is 5.56 Å². The number of benzene rings is 1. The topological polar surface area (TPSA) is 49.9 Å². The van der Waals surface area contributed by atoms with Crippen LogP contribution in [0.4, 0.5) is 0 Å². The fourth-order valence-electron chi connectivity index (χ4n) is 1.72. The summed E-state index contributed by atoms with van der Waals surface area (Å²) >= 11 is 0. The molecule has 1 N–H and O–H groups in total. The lowest BCUT2D eigenvalue weighted by Crippen LogP contribution is -2.22. The summed E-state index contributed by atoms with van der Waals surface area (Å²) in [6.45, 7) is 3.91. The van der Waals surface area contributed by atoms with E-state index in [9.17, 15) is 9.59 Å². The zero-order chi connectivity index (χ0) is 11.0. The van der Waals surface area contributed by atoms with Gasteiger partial charge in [-0.3, -0.25) is 9.59 Å². The molecule has 0 fully saturated rings. The van der Waals surface area contributed by atoms with E-state index in [1.165, 1.54) is 6.07 Å². The number of hydrogen-bond acceptors (Lipinski definition) is 2. The van der Waals surface area contributed by atoms with Gasteiger partial charge in [0.05, 0.1) is 0 Å². The molecule has 0 amide bonds. The van der Waals surface area contributed by atoms with Crippen molar-refractivity contribution in [2.75, 3.05) is 0 Å². The van der Waals surface area contributed by atoms with Crippen LogP contribution in [0.2, 0.25) is 0 Å². The molecule has 15 heavy (non-hydrogen) atoms. The predicted molar refractivity (Wildman–Crippen MR) is 60.3 cm³/mol. The Hall–Kier alpha value is -1.90. The smallest absolute Gasteiger partial charge is 0.296 e. The van der Waals surface area contributed by atoms with Gasteiger partial charge in [-0.05, 0) is 43.2 Å². The van der Waals surface area contributed by atoms with Crippen LogP contribution in [0.5, 0.6) is 0 Å². The Morgan fingerprint density at radius 2 is 1.80 bits per heavy atom. The van der Waals surface area contributed by atoms with Crippen LogP contribution >= 0.6 is 0 Å². The number of nitrogens with one attached hydrogen (secondary N) is 1. The second kappa shape index (κ2) is 3.35.